The Kier molecular flexibility index (Phi) is 6.41. The first-order valence-electron chi connectivity index (χ1n) is 7.54. The van der Waals surface area contributed by atoms with Crippen LogP contribution in [0.25, 0.3) is 0 Å². The molecule has 0 unspecified atom stereocenters. The number of nitrogen functional groups attached to an aromatic ring is 1. The molecule has 3 rings (SSSR count). The molecule has 136 valence electrons. The number of nitrogens with two attached hydrogens (primary N) is 1. The second-order valence-corrected chi connectivity index (χ2v) is 4.99. The van der Waals surface area contributed by atoms with Crippen molar-refractivity contribution in [1.29, 1.82) is 0 Å². The Hall–Kier alpha value is -3.00. The molecular weight excluding hydrogens is 328 g/mol. The van der Waals surface area contributed by atoms with Crippen LogP contribution in [0, 0.1) is 0 Å². The minimum atomic E-state index is 0.0572. The second-order valence-electron chi connectivity index (χ2n) is 4.99. The van der Waals surface area contributed by atoms with E-state index in [-0.39, 0.29) is 19.1 Å². The van der Waals surface area contributed by atoms with Gasteiger partial charge in [0, 0.05) is 24.4 Å². The maximum atomic E-state index is 9.31. The maximum Gasteiger partial charge on any atom is 0.231 e. The van der Waals surface area contributed by atoms with E-state index < -0.39 is 0 Å². The van der Waals surface area contributed by atoms with Crippen molar-refractivity contribution in [2.75, 3.05) is 45.2 Å². The minimum absolute atomic E-state index is 0.0572. The Bertz CT molecular complexity index is 707. The lowest BCUT2D eigenvalue weighted by Crippen LogP contribution is -2.06. The van der Waals surface area contributed by atoms with Gasteiger partial charge in [-0.3, -0.25) is 0 Å². The van der Waals surface area contributed by atoms with Crippen LogP contribution in [0.3, 0.4) is 0 Å². The van der Waals surface area contributed by atoms with Crippen molar-refractivity contribution in [3.8, 4) is 28.7 Å². The van der Waals surface area contributed by atoms with Crippen molar-refractivity contribution < 1.29 is 29.2 Å². The molecule has 8 nitrogen and oxygen atoms in total. The number of methoxy groups -OCH3 is 2. The van der Waals surface area contributed by atoms with Crippen LogP contribution >= 0.6 is 0 Å². The van der Waals surface area contributed by atoms with E-state index in [0.717, 1.165) is 11.4 Å². The molecule has 1 heterocycles. The van der Waals surface area contributed by atoms with Crippen LogP contribution in [0.2, 0.25) is 0 Å². The molecule has 0 saturated carbocycles. The molecule has 0 spiro atoms. The predicted octanol–water partition coefficient (Wildman–Crippen LogP) is 1.81. The van der Waals surface area contributed by atoms with E-state index in [2.05, 4.69) is 5.32 Å². The maximum absolute atomic E-state index is 9.31. The topological polar surface area (TPSA) is 115 Å². The van der Waals surface area contributed by atoms with Gasteiger partial charge in [-0.05, 0) is 18.2 Å². The van der Waals surface area contributed by atoms with Crippen LogP contribution in [-0.2, 0) is 0 Å². The lowest BCUT2D eigenvalue weighted by atomic mass is 10.2. The summed E-state index contributed by atoms with van der Waals surface area (Å²) in [5, 5.41) is 20.9. The van der Waals surface area contributed by atoms with Crippen LogP contribution in [0.5, 0.6) is 28.7 Å². The lowest BCUT2D eigenvalue weighted by molar-refractivity contribution is 0.173. The molecule has 2 aromatic carbocycles. The standard InChI is InChI=1S/C9H14N2O2.C8H8O4/c1-13-9-3-2-7(10)6-8(9)11-4-5-12;1-10-6-3-8-7(2-5(6)9)11-4-12-8/h2-3,6,11-12H,4-5,10H2,1H3;2-3,9H,4H2,1H3. The van der Waals surface area contributed by atoms with Crippen LogP contribution in [-0.4, -0.2) is 44.4 Å². The van der Waals surface area contributed by atoms with Gasteiger partial charge in [-0.1, -0.05) is 0 Å². The quantitative estimate of drug-likeness (QED) is 0.604. The summed E-state index contributed by atoms with van der Waals surface area (Å²) in [4.78, 5) is 0. The summed E-state index contributed by atoms with van der Waals surface area (Å²) in [7, 11) is 3.08. The molecule has 0 fully saturated rings. The number of fused-ring (bicyclic) bond motifs is 1. The van der Waals surface area contributed by atoms with E-state index in [1.807, 2.05) is 0 Å². The van der Waals surface area contributed by atoms with E-state index in [4.69, 9.17) is 29.8 Å². The fraction of sp³-hybridized carbons (Fsp3) is 0.294. The number of rotatable bonds is 5. The molecule has 8 heteroatoms. The number of ether oxygens (including phenoxy) is 4. The number of phenols is 1. The number of benzene rings is 2. The van der Waals surface area contributed by atoms with Gasteiger partial charge in [-0.15, -0.1) is 0 Å². The average molecular weight is 350 g/mol. The largest absolute Gasteiger partial charge is 0.504 e. The SMILES string of the molecule is COc1cc2c(cc1O)OCO2.COc1ccc(N)cc1NCCO. The zero-order valence-corrected chi connectivity index (χ0v) is 14.1. The third-order valence-corrected chi connectivity index (χ3v) is 3.32. The van der Waals surface area contributed by atoms with E-state index in [1.54, 1.807) is 31.4 Å². The predicted molar refractivity (Wildman–Crippen MR) is 93.8 cm³/mol. The molecule has 25 heavy (non-hydrogen) atoms. The lowest BCUT2D eigenvalue weighted by Gasteiger charge is -2.10. The van der Waals surface area contributed by atoms with Crippen molar-refractivity contribution in [2.24, 2.45) is 0 Å². The highest BCUT2D eigenvalue weighted by Crippen LogP contribution is 2.41. The van der Waals surface area contributed by atoms with Crippen LogP contribution in [0.15, 0.2) is 30.3 Å². The van der Waals surface area contributed by atoms with Crippen LogP contribution in [0.4, 0.5) is 11.4 Å². The summed E-state index contributed by atoms with van der Waals surface area (Å²) < 4.78 is 20.1. The fourth-order valence-electron chi connectivity index (χ4n) is 2.13. The van der Waals surface area contributed by atoms with Crippen molar-refractivity contribution in [3.63, 3.8) is 0 Å². The van der Waals surface area contributed by atoms with E-state index >= 15 is 0 Å². The highest BCUT2D eigenvalue weighted by molar-refractivity contribution is 5.63. The second kappa shape index (κ2) is 8.74. The first-order valence-corrected chi connectivity index (χ1v) is 7.54. The van der Waals surface area contributed by atoms with Gasteiger partial charge in [0.2, 0.25) is 6.79 Å². The van der Waals surface area contributed by atoms with Gasteiger partial charge in [-0.2, -0.15) is 0 Å². The molecule has 0 aromatic heterocycles. The summed E-state index contributed by atoms with van der Waals surface area (Å²) in [6.07, 6.45) is 0. The van der Waals surface area contributed by atoms with Crippen LogP contribution < -0.4 is 30.0 Å². The van der Waals surface area contributed by atoms with Crippen LogP contribution in [0.1, 0.15) is 0 Å². The number of nitrogens with one attached hydrogen (secondary N) is 1. The van der Waals surface area contributed by atoms with Gasteiger partial charge in [-0.25, -0.2) is 0 Å². The van der Waals surface area contributed by atoms with E-state index in [9.17, 15) is 5.11 Å². The Balaban J connectivity index is 0.000000181. The van der Waals surface area contributed by atoms with Crippen molar-refractivity contribution in [1.82, 2.24) is 0 Å². The third-order valence-electron chi connectivity index (χ3n) is 3.32. The van der Waals surface area contributed by atoms with Gasteiger partial charge in [0.25, 0.3) is 0 Å². The van der Waals surface area contributed by atoms with Gasteiger partial charge in [0.15, 0.2) is 23.0 Å². The number of aliphatic hydroxyl groups excluding tert-OH is 1. The summed E-state index contributed by atoms with van der Waals surface area (Å²) in [5.41, 5.74) is 7.07. The normalized spacial score (nSPS) is 11.3. The van der Waals surface area contributed by atoms with Crippen molar-refractivity contribution in [2.45, 2.75) is 0 Å². The Morgan fingerprint density at radius 3 is 2.40 bits per heavy atom. The van der Waals surface area contributed by atoms with Gasteiger partial charge >= 0.3 is 0 Å². The molecule has 0 atom stereocenters. The smallest absolute Gasteiger partial charge is 0.231 e. The average Bonchev–Trinajstić information content (AvgIpc) is 3.07. The van der Waals surface area contributed by atoms with Gasteiger partial charge < -0.3 is 40.2 Å². The Labute approximate surface area is 145 Å². The molecule has 0 saturated heterocycles. The monoisotopic (exact) mass is 350 g/mol. The molecule has 0 aliphatic carbocycles. The zero-order chi connectivity index (χ0) is 18.2. The van der Waals surface area contributed by atoms with Gasteiger partial charge in [0.05, 0.1) is 26.5 Å². The molecule has 0 radical (unpaired) electrons. The first kappa shape index (κ1) is 18.3. The summed E-state index contributed by atoms with van der Waals surface area (Å²) >= 11 is 0. The van der Waals surface area contributed by atoms with Crippen molar-refractivity contribution >= 4 is 11.4 Å². The molecule has 1 aliphatic rings. The number of anilines is 2. The van der Waals surface area contributed by atoms with E-state index in [1.165, 1.54) is 13.2 Å². The number of hydrogen-bond acceptors (Lipinski definition) is 8. The highest BCUT2D eigenvalue weighted by Gasteiger charge is 2.16. The Morgan fingerprint density at radius 2 is 1.76 bits per heavy atom. The van der Waals surface area contributed by atoms with Gasteiger partial charge in [0.1, 0.15) is 5.75 Å². The van der Waals surface area contributed by atoms with Crippen molar-refractivity contribution in [3.05, 3.63) is 30.3 Å². The summed E-state index contributed by atoms with van der Waals surface area (Å²) in [6, 6.07) is 8.39. The highest BCUT2D eigenvalue weighted by atomic mass is 16.7. The number of phenolic OH excluding ortho intramolecular Hbond substituents is 1. The number of aromatic hydroxyl groups is 1. The molecular formula is C17H22N2O6. The minimum Gasteiger partial charge on any atom is -0.504 e. The summed E-state index contributed by atoms with van der Waals surface area (Å²) in [6.45, 7) is 0.764. The zero-order valence-electron chi connectivity index (χ0n) is 14.1. The molecule has 2 aromatic rings. The molecule has 5 N–H and O–H groups in total. The fourth-order valence-corrected chi connectivity index (χ4v) is 2.13. The molecule has 0 bridgehead atoms. The summed E-state index contributed by atoms with van der Waals surface area (Å²) in [5.74, 6) is 2.32. The number of hydrogen-bond donors (Lipinski definition) is 4. The Morgan fingerprint density at radius 1 is 1.08 bits per heavy atom. The molecule has 1 aliphatic heterocycles. The third kappa shape index (κ3) is 4.74. The van der Waals surface area contributed by atoms with E-state index in [0.29, 0.717) is 29.5 Å². The number of aliphatic hydroxyl groups is 1. The first-order chi connectivity index (χ1) is 12.1. The molecule has 0 amide bonds.